The zero-order valence-corrected chi connectivity index (χ0v) is 29.5. The molecule has 0 spiro atoms. The number of nitrogen functional groups attached to an aromatic ring is 1. The fourth-order valence-corrected chi connectivity index (χ4v) is 8.01. The van der Waals surface area contributed by atoms with Gasteiger partial charge in [0, 0.05) is 68.9 Å². The second-order valence-corrected chi connectivity index (χ2v) is 14.4. The van der Waals surface area contributed by atoms with Gasteiger partial charge in [0.05, 0.1) is 24.2 Å². The number of nitrogens with two attached hydrogens (primary N) is 1. The number of anilines is 2. The number of methoxy groups -OCH3 is 1. The van der Waals surface area contributed by atoms with Crippen LogP contribution in [0.25, 0.3) is 10.9 Å². The molecule has 0 bridgehead atoms. The molecule has 3 heterocycles. The number of carbonyl (C=O) groups excluding carboxylic acids is 1. The number of nitrogens with one attached hydrogen (secondary N) is 1. The van der Waals surface area contributed by atoms with E-state index < -0.39 is 23.9 Å². The number of rotatable bonds is 8. The van der Waals surface area contributed by atoms with E-state index in [1.807, 2.05) is 17.0 Å². The van der Waals surface area contributed by atoms with Crippen molar-refractivity contribution >= 4 is 34.4 Å². The van der Waals surface area contributed by atoms with Gasteiger partial charge in [0.15, 0.2) is 0 Å². The Hall–Kier alpha value is -4.33. The number of alkyl halides is 3. The minimum Gasteiger partial charge on any atom is -0.496 e. The summed E-state index contributed by atoms with van der Waals surface area (Å²) in [7, 11) is 1.63. The summed E-state index contributed by atoms with van der Waals surface area (Å²) >= 11 is 0. The van der Waals surface area contributed by atoms with Crippen molar-refractivity contribution in [3.63, 3.8) is 0 Å². The van der Waals surface area contributed by atoms with Crippen molar-refractivity contribution in [2.75, 3.05) is 64.0 Å². The van der Waals surface area contributed by atoms with Crippen molar-refractivity contribution < 1.29 is 32.6 Å². The highest BCUT2D eigenvalue weighted by Crippen LogP contribution is 2.43. The number of hydrogen-bond donors (Lipinski definition) is 3. The zero-order chi connectivity index (χ0) is 36.4. The molecule has 3 aromatic rings. The van der Waals surface area contributed by atoms with Crippen LogP contribution in [0.2, 0.25) is 0 Å². The number of carbonyl (C=O) groups is 2. The number of aryl methyl sites for hydroxylation is 1. The molecule has 1 aliphatic carbocycles. The number of ether oxygens (including phenoxy) is 1. The summed E-state index contributed by atoms with van der Waals surface area (Å²) in [4.78, 5) is 40.0. The molecule has 2 amide bonds. The highest BCUT2D eigenvalue weighted by molar-refractivity contribution is 5.91. The van der Waals surface area contributed by atoms with Crippen LogP contribution in [0, 0.1) is 18.8 Å². The van der Waals surface area contributed by atoms with Gasteiger partial charge >= 0.3 is 12.3 Å². The number of aromatic nitrogens is 2. The standard InChI is InChI=1S/C37H48F3N7O4/c1-22(27-16-28(37(38,39)40)18-29(41)17-27)42-34-31-19-30(33(51-3)20-32(31)43-23(2)44-34)25-4-6-26(7-5-25)35(48)46-14-12-45(13-15-46)21-24-8-10-47(11-9-24)36(49)50/h16-20,22,24-26H,4-15,21,41H2,1-3H3,(H,49,50)(H,42,43,44)/t22-,25?,26?/m1/s1. The first-order valence-electron chi connectivity index (χ1n) is 17.9. The summed E-state index contributed by atoms with van der Waals surface area (Å²) in [5.41, 5.74) is 7.14. The van der Waals surface area contributed by atoms with E-state index in [4.69, 9.17) is 10.5 Å². The first-order chi connectivity index (χ1) is 24.3. The number of likely N-dealkylation sites (tertiary alicyclic amines) is 1. The van der Waals surface area contributed by atoms with E-state index in [0.717, 1.165) is 81.2 Å². The van der Waals surface area contributed by atoms with Crippen LogP contribution in [0.4, 0.5) is 29.5 Å². The molecule has 2 aliphatic heterocycles. The Morgan fingerprint density at radius 1 is 0.961 bits per heavy atom. The molecule has 2 aromatic carbocycles. The molecule has 1 aromatic heterocycles. The van der Waals surface area contributed by atoms with Gasteiger partial charge in [-0.2, -0.15) is 13.2 Å². The van der Waals surface area contributed by atoms with Crippen LogP contribution in [0.1, 0.15) is 79.9 Å². The van der Waals surface area contributed by atoms with Crippen LogP contribution in [0.5, 0.6) is 5.75 Å². The second kappa shape index (κ2) is 15.1. The third-order valence-corrected chi connectivity index (χ3v) is 10.9. The third kappa shape index (κ3) is 8.43. The lowest BCUT2D eigenvalue weighted by Crippen LogP contribution is -2.52. The Balaban J connectivity index is 1.09. The average molecular weight is 712 g/mol. The van der Waals surface area contributed by atoms with Gasteiger partial charge in [-0.1, -0.05) is 0 Å². The molecular formula is C37H48F3N7O4. The largest absolute Gasteiger partial charge is 0.496 e. The predicted molar refractivity (Wildman–Crippen MR) is 189 cm³/mol. The quantitative estimate of drug-likeness (QED) is 0.223. The second-order valence-electron chi connectivity index (χ2n) is 14.4. The topological polar surface area (TPSA) is 137 Å². The van der Waals surface area contributed by atoms with Gasteiger partial charge in [-0.25, -0.2) is 14.8 Å². The Kier molecular flexibility index (Phi) is 10.8. The monoisotopic (exact) mass is 711 g/mol. The van der Waals surface area contributed by atoms with Crippen molar-refractivity contribution in [1.29, 1.82) is 0 Å². The third-order valence-electron chi connectivity index (χ3n) is 10.9. The highest BCUT2D eigenvalue weighted by atomic mass is 19.4. The molecule has 276 valence electrons. The van der Waals surface area contributed by atoms with E-state index in [1.165, 1.54) is 11.0 Å². The number of carboxylic acid groups (broad SMARTS) is 1. The van der Waals surface area contributed by atoms with E-state index in [-0.39, 0.29) is 23.4 Å². The maximum atomic E-state index is 13.6. The number of fused-ring (bicyclic) bond motifs is 1. The lowest BCUT2D eigenvalue weighted by Gasteiger charge is -2.40. The van der Waals surface area contributed by atoms with Crippen molar-refractivity contribution in [3.8, 4) is 5.75 Å². The summed E-state index contributed by atoms with van der Waals surface area (Å²) in [6.45, 7) is 8.79. The maximum absolute atomic E-state index is 13.6. The average Bonchev–Trinajstić information content (AvgIpc) is 3.10. The number of hydrogen-bond acceptors (Lipinski definition) is 8. The minimum atomic E-state index is -4.52. The molecule has 0 unspecified atom stereocenters. The van der Waals surface area contributed by atoms with E-state index in [2.05, 4.69) is 20.2 Å². The molecule has 4 N–H and O–H groups in total. The van der Waals surface area contributed by atoms with E-state index in [0.29, 0.717) is 60.6 Å². The van der Waals surface area contributed by atoms with Gasteiger partial charge in [-0.3, -0.25) is 9.69 Å². The van der Waals surface area contributed by atoms with Crippen LogP contribution < -0.4 is 15.8 Å². The van der Waals surface area contributed by atoms with Crippen molar-refractivity contribution in [2.24, 2.45) is 11.8 Å². The number of nitrogens with zero attached hydrogens (tertiary/aromatic N) is 5. The van der Waals surface area contributed by atoms with Gasteiger partial charge in [-0.15, -0.1) is 0 Å². The first-order valence-corrected chi connectivity index (χ1v) is 17.9. The number of amides is 2. The smallest absolute Gasteiger partial charge is 0.416 e. The van der Waals surface area contributed by atoms with E-state index in [9.17, 15) is 27.9 Å². The van der Waals surface area contributed by atoms with Crippen LogP contribution >= 0.6 is 0 Å². The summed E-state index contributed by atoms with van der Waals surface area (Å²) < 4.78 is 46.4. The Labute approximate surface area is 296 Å². The van der Waals surface area contributed by atoms with Gasteiger partial charge in [0.1, 0.15) is 17.4 Å². The Morgan fingerprint density at radius 3 is 2.27 bits per heavy atom. The van der Waals surface area contributed by atoms with Crippen molar-refractivity contribution in [3.05, 3.63) is 52.8 Å². The Bertz CT molecular complexity index is 1730. The molecule has 0 radical (unpaired) electrons. The normalized spacial score (nSPS) is 21.5. The zero-order valence-electron chi connectivity index (χ0n) is 29.5. The van der Waals surface area contributed by atoms with Gasteiger partial charge in [0.2, 0.25) is 5.91 Å². The molecule has 1 atom stereocenters. The van der Waals surface area contributed by atoms with Crippen LogP contribution in [-0.4, -0.2) is 94.7 Å². The molecule has 3 aliphatic rings. The molecule has 3 fully saturated rings. The van der Waals surface area contributed by atoms with Crippen LogP contribution in [0.3, 0.4) is 0 Å². The molecule has 51 heavy (non-hydrogen) atoms. The molecule has 11 nitrogen and oxygen atoms in total. The molecule has 6 rings (SSSR count). The number of benzene rings is 2. The van der Waals surface area contributed by atoms with Gasteiger partial charge in [0.25, 0.3) is 0 Å². The maximum Gasteiger partial charge on any atom is 0.416 e. The fraction of sp³-hybridized carbons (Fsp3) is 0.568. The minimum absolute atomic E-state index is 0.0245. The predicted octanol–water partition coefficient (Wildman–Crippen LogP) is 6.53. The van der Waals surface area contributed by atoms with Crippen molar-refractivity contribution in [1.82, 2.24) is 24.7 Å². The van der Waals surface area contributed by atoms with E-state index in [1.54, 1.807) is 21.0 Å². The summed E-state index contributed by atoms with van der Waals surface area (Å²) in [6, 6.07) is 6.96. The van der Waals surface area contributed by atoms with Gasteiger partial charge < -0.3 is 30.7 Å². The summed E-state index contributed by atoms with van der Waals surface area (Å²) in [5, 5.41) is 13.3. The van der Waals surface area contributed by atoms with Gasteiger partial charge in [-0.05, 0) is 99.6 Å². The summed E-state index contributed by atoms with van der Waals surface area (Å²) in [5.74, 6) is 2.59. The highest BCUT2D eigenvalue weighted by Gasteiger charge is 2.34. The lowest BCUT2D eigenvalue weighted by atomic mass is 9.77. The first kappa shape index (κ1) is 36.5. The Morgan fingerprint density at radius 2 is 1.65 bits per heavy atom. The van der Waals surface area contributed by atoms with Crippen molar-refractivity contribution in [2.45, 2.75) is 70.5 Å². The number of piperazine rings is 1. The van der Waals surface area contributed by atoms with Crippen LogP contribution in [0.15, 0.2) is 30.3 Å². The number of halogens is 3. The fourth-order valence-electron chi connectivity index (χ4n) is 8.01. The van der Waals surface area contributed by atoms with E-state index >= 15 is 0 Å². The lowest BCUT2D eigenvalue weighted by molar-refractivity contribution is -0.139. The molecular weight excluding hydrogens is 663 g/mol. The van der Waals surface area contributed by atoms with Crippen LogP contribution in [-0.2, 0) is 11.0 Å². The summed E-state index contributed by atoms with van der Waals surface area (Å²) in [6.07, 6.45) is -0.394. The molecule has 14 heteroatoms. The number of piperidine rings is 1. The molecule has 2 saturated heterocycles. The SMILES string of the molecule is COc1cc2nc(C)nc(N[C@H](C)c3cc(N)cc(C(F)(F)F)c3)c2cc1C1CCC(C(=O)N2CCN(CC3CCN(C(=O)O)CC3)CC2)CC1. The molecule has 1 saturated carbocycles.